The highest BCUT2D eigenvalue weighted by atomic mass is 16.5. The number of esters is 1. The number of carbonyl (C=O) groups excluding carboxylic acids is 1. The number of ether oxygens (including phenoxy) is 1. The first-order valence-corrected chi connectivity index (χ1v) is 15.4. The van der Waals surface area contributed by atoms with Gasteiger partial charge in [-0.1, -0.05) is 89.5 Å². The second kappa shape index (κ2) is 16.0. The van der Waals surface area contributed by atoms with E-state index in [2.05, 4.69) is 52.0 Å². The fourth-order valence-corrected chi connectivity index (χ4v) is 6.14. The predicted octanol–water partition coefficient (Wildman–Crippen LogP) is 10.2. The second-order valence-corrected chi connectivity index (χ2v) is 11.6. The van der Waals surface area contributed by atoms with Gasteiger partial charge in [-0.2, -0.15) is 0 Å². The smallest absolute Gasteiger partial charge is 0.311 e. The number of hydrogen-bond acceptors (Lipinski definition) is 2. The third-order valence-corrected chi connectivity index (χ3v) is 8.55. The molecule has 2 aromatic carbocycles. The van der Waals surface area contributed by atoms with E-state index in [1.54, 1.807) is 5.56 Å². The van der Waals surface area contributed by atoms with Crippen molar-refractivity contribution >= 4 is 5.97 Å². The summed E-state index contributed by atoms with van der Waals surface area (Å²) in [5, 5.41) is 0. The molecule has 0 aromatic heterocycles. The van der Waals surface area contributed by atoms with Crippen molar-refractivity contribution in [1.29, 1.82) is 0 Å². The van der Waals surface area contributed by atoms with Crippen LogP contribution in [0.3, 0.4) is 0 Å². The van der Waals surface area contributed by atoms with Gasteiger partial charge in [-0.3, -0.25) is 4.79 Å². The molecule has 0 heterocycles. The molecule has 0 spiro atoms. The Hall–Kier alpha value is -2.09. The molecule has 1 fully saturated rings. The molecule has 2 aromatic rings. The zero-order valence-corrected chi connectivity index (χ0v) is 24.2. The van der Waals surface area contributed by atoms with Crippen molar-refractivity contribution in [3.63, 3.8) is 0 Å². The summed E-state index contributed by atoms with van der Waals surface area (Å²) in [6.45, 7) is 8.95. The summed E-state index contributed by atoms with van der Waals surface area (Å²) in [6, 6.07) is 13.3. The standard InChI is InChI=1S/C35H52O2/c1-5-7-9-10-12-14-35(36)37-33-23-22-31(27(3)26-33)19-17-30-18-24-34(28(4)25-30)32-20-15-29(16-21-32)13-11-8-6-2/h18,22-26,29,32H,5-17,19-21H2,1-4H3. The summed E-state index contributed by atoms with van der Waals surface area (Å²) in [5.41, 5.74) is 7.02. The number of carbonyl (C=O) groups is 1. The Morgan fingerprint density at radius 3 is 2.22 bits per heavy atom. The molecule has 3 rings (SSSR count). The third kappa shape index (κ3) is 9.95. The van der Waals surface area contributed by atoms with Gasteiger partial charge in [0.05, 0.1) is 0 Å². The maximum atomic E-state index is 12.2. The van der Waals surface area contributed by atoms with E-state index in [1.165, 1.54) is 92.9 Å². The van der Waals surface area contributed by atoms with Gasteiger partial charge in [0, 0.05) is 6.42 Å². The van der Waals surface area contributed by atoms with E-state index in [0.29, 0.717) is 12.2 Å². The molecule has 0 atom stereocenters. The maximum absolute atomic E-state index is 12.2. The molecular weight excluding hydrogens is 452 g/mol. The van der Waals surface area contributed by atoms with Crippen molar-refractivity contribution in [1.82, 2.24) is 0 Å². The molecule has 1 aliphatic carbocycles. The number of aryl methyl sites for hydroxylation is 4. The highest BCUT2D eigenvalue weighted by Crippen LogP contribution is 2.39. The van der Waals surface area contributed by atoms with Crippen LogP contribution in [0.15, 0.2) is 36.4 Å². The Kier molecular flexibility index (Phi) is 12.7. The van der Waals surface area contributed by atoms with Gasteiger partial charge in [0.2, 0.25) is 0 Å². The minimum atomic E-state index is -0.107. The van der Waals surface area contributed by atoms with Gasteiger partial charge in [-0.05, 0) is 111 Å². The lowest BCUT2D eigenvalue weighted by atomic mass is 9.76. The Morgan fingerprint density at radius 2 is 1.51 bits per heavy atom. The molecule has 37 heavy (non-hydrogen) atoms. The van der Waals surface area contributed by atoms with E-state index in [4.69, 9.17) is 4.74 Å². The van der Waals surface area contributed by atoms with Crippen LogP contribution in [0.2, 0.25) is 0 Å². The molecule has 0 amide bonds. The average Bonchev–Trinajstić information content (AvgIpc) is 2.89. The van der Waals surface area contributed by atoms with Crippen LogP contribution in [0.5, 0.6) is 5.75 Å². The number of hydrogen-bond donors (Lipinski definition) is 0. The Morgan fingerprint density at radius 1 is 0.784 bits per heavy atom. The van der Waals surface area contributed by atoms with Crippen molar-refractivity contribution < 1.29 is 9.53 Å². The van der Waals surface area contributed by atoms with Gasteiger partial charge in [-0.15, -0.1) is 0 Å². The zero-order valence-electron chi connectivity index (χ0n) is 24.2. The van der Waals surface area contributed by atoms with Crippen LogP contribution in [0.4, 0.5) is 0 Å². The van der Waals surface area contributed by atoms with E-state index in [1.807, 2.05) is 12.1 Å². The van der Waals surface area contributed by atoms with Gasteiger partial charge in [0.15, 0.2) is 0 Å². The normalized spacial score (nSPS) is 17.6. The predicted molar refractivity (Wildman–Crippen MR) is 158 cm³/mol. The molecule has 204 valence electrons. The minimum absolute atomic E-state index is 0.107. The van der Waals surface area contributed by atoms with Gasteiger partial charge < -0.3 is 4.74 Å². The number of benzene rings is 2. The van der Waals surface area contributed by atoms with E-state index in [9.17, 15) is 4.79 Å². The molecule has 0 N–H and O–H groups in total. The zero-order chi connectivity index (χ0) is 26.5. The van der Waals surface area contributed by atoms with E-state index in [0.717, 1.165) is 37.5 Å². The fourth-order valence-electron chi connectivity index (χ4n) is 6.14. The van der Waals surface area contributed by atoms with Gasteiger partial charge in [0.1, 0.15) is 5.75 Å². The van der Waals surface area contributed by atoms with E-state index >= 15 is 0 Å². The average molecular weight is 505 g/mol. The number of rotatable bonds is 15. The molecule has 2 heteroatoms. The molecule has 0 unspecified atom stereocenters. The van der Waals surface area contributed by atoms with Crippen LogP contribution in [0.1, 0.15) is 137 Å². The first-order chi connectivity index (χ1) is 18.0. The van der Waals surface area contributed by atoms with Crippen LogP contribution < -0.4 is 4.74 Å². The monoisotopic (exact) mass is 504 g/mol. The van der Waals surface area contributed by atoms with Crippen molar-refractivity contribution in [2.24, 2.45) is 5.92 Å². The second-order valence-electron chi connectivity index (χ2n) is 11.6. The van der Waals surface area contributed by atoms with Crippen molar-refractivity contribution in [3.05, 3.63) is 64.2 Å². The summed E-state index contributed by atoms with van der Waals surface area (Å²) >= 11 is 0. The Bertz CT molecular complexity index is 952. The minimum Gasteiger partial charge on any atom is -0.427 e. The molecule has 0 aliphatic heterocycles. The highest BCUT2D eigenvalue weighted by molar-refractivity contribution is 5.72. The first-order valence-electron chi connectivity index (χ1n) is 15.4. The first kappa shape index (κ1) is 29.5. The summed E-state index contributed by atoms with van der Waals surface area (Å²) in [7, 11) is 0. The lowest BCUT2D eigenvalue weighted by molar-refractivity contribution is -0.134. The molecule has 0 bridgehead atoms. The lowest BCUT2D eigenvalue weighted by Crippen LogP contribution is -2.14. The molecule has 2 nitrogen and oxygen atoms in total. The molecule has 0 radical (unpaired) electrons. The van der Waals surface area contributed by atoms with Gasteiger partial charge in [0.25, 0.3) is 0 Å². The summed E-state index contributed by atoms with van der Waals surface area (Å²) in [5.74, 6) is 2.30. The Balaban J connectivity index is 1.45. The van der Waals surface area contributed by atoms with Gasteiger partial charge >= 0.3 is 5.97 Å². The van der Waals surface area contributed by atoms with Crippen molar-refractivity contribution in [2.75, 3.05) is 0 Å². The van der Waals surface area contributed by atoms with Crippen LogP contribution in [0.25, 0.3) is 0 Å². The van der Waals surface area contributed by atoms with Crippen LogP contribution in [-0.2, 0) is 17.6 Å². The SMILES string of the molecule is CCCCCCCC(=O)Oc1ccc(CCc2ccc(C3CCC(CCCCC)CC3)c(C)c2)c(C)c1. The molecule has 0 saturated heterocycles. The Labute approximate surface area is 227 Å². The van der Waals surface area contributed by atoms with E-state index in [-0.39, 0.29) is 5.97 Å². The van der Waals surface area contributed by atoms with Crippen molar-refractivity contribution in [2.45, 2.75) is 136 Å². The lowest BCUT2D eigenvalue weighted by Gasteiger charge is -2.30. The van der Waals surface area contributed by atoms with Crippen LogP contribution in [-0.4, -0.2) is 5.97 Å². The summed E-state index contributed by atoms with van der Waals surface area (Å²) in [4.78, 5) is 12.2. The highest BCUT2D eigenvalue weighted by Gasteiger charge is 2.23. The quantitative estimate of drug-likeness (QED) is 0.137. The number of unbranched alkanes of at least 4 members (excludes halogenated alkanes) is 6. The topological polar surface area (TPSA) is 26.3 Å². The fraction of sp³-hybridized carbons (Fsp3) is 0.629. The molecule has 1 aliphatic rings. The van der Waals surface area contributed by atoms with Crippen LogP contribution in [0, 0.1) is 19.8 Å². The maximum Gasteiger partial charge on any atom is 0.311 e. The van der Waals surface area contributed by atoms with Crippen LogP contribution >= 0.6 is 0 Å². The largest absolute Gasteiger partial charge is 0.427 e. The summed E-state index contributed by atoms with van der Waals surface area (Å²) < 4.78 is 5.60. The summed E-state index contributed by atoms with van der Waals surface area (Å²) in [6.07, 6.45) is 19.5. The van der Waals surface area contributed by atoms with E-state index < -0.39 is 0 Å². The third-order valence-electron chi connectivity index (χ3n) is 8.55. The molecular formula is C35H52O2. The van der Waals surface area contributed by atoms with Gasteiger partial charge in [-0.25, -0.2) is 0 Å². The molecule has 1 saturated carbocycles. The van der Waals surface area contributed by atoms with Crippen molar-refractivity contribution in [3.8, 4) is 5.75 Å².